The number of hydrogen-bond donors (Lipinski definition) is 3. The second-order valence-corrected chi connectivity index (χ2v) is 7.96. The number of amides is 1. The fraction of sp³-hybridized carbons (Fsp3) is 0.278. The number of aryl methyl sites for hydroxylation is 1. The molecule has 0 aliphatic carbocycles. The van der Waals surface area contributed by atoms with Gasteiger partial charge in [0.15, 0.2) is 0 Å². The third kappa shape index (κ3) is 5.27. The van der Waals surface area contributed by atoms with Gasteiger partial charge in [0.2, 0.25) is 0 Å². The average Bonchev–Trinajstić information content (AvgIpc) is 2.54. The summed E-state index contributed by atoms with van der Waals surface area (Å²) in [5.41, 5.74) is 1.08. The zero-order valence-corrected chi connectivity index (χ0v) is 15.8. The van der Waals surface area contributed by atoms with Gasteiger partial charge < -0.3 is 10.2 Å². The summed E-state index contributed by atoms with van der Waals surface area (Å²) in [7, 11) is 0.154. The molecule has 2 rings (SSSR count). The molecule has 0 aromatic heterocycles. The minimum Gasteiger partial charge on any atom is -0.346 e. The molecule has 2 aromatic carbocycles. The van der Waals surface area contributed by atoms with E-state index in [0.717, 1.165) is 18.7 Å². The van der Waals surface area contributed by atoms with E-state index in [2.05, 4.69) is 10.0 Å². The van der Waals surface area contributed by atoms with E-state index in [1.165, 1.54) is 30.0 Å². The van der Waals surface area contributed by atoms with E-state index in [0.29, 0.717) is 23.4 Å². The van der Waals surface area contributed by atoms with Crippen LogP contribution in [0.3, 0.4) is 0 Å². The smallest absolute Gasteiger partial charge is 0.262 e. The number of rotatable bonds is 7. The molecule has 0 radical (unpaired) electrons. The van der Waals surface area contributed by atoms with Gasteiger partial charge in [0.25, 0.3) is 15.9 Å². The van der Waals surface area contributed by atoms with Crippen LogP contribution in [0.1, 0.15) is 15.9 Å². The van der Waals surface area contributed by atoms with Crippen molar-refractivity contribution in [2.75, 3.05) is 31.9 Å². The van der Waals surface area contributed by atoms with Gasteiger partial charge >= 0.3 is 0 Å². The molecule has 0 heterocycles. The maximum absolute atomic E-state index is 13.2. The summed E-state index contributed by atoms with van der Waals surface area (Å²) in [6.45, 7) is 2.89. The SMILES string of the molecule is Cc1cc(F)ccc1S(=O)(=O)Nc1ccc(C(=O)NCC[NH+](C)C)cc1. The summed E-state index contributed by atoms with van der Waals surface area (Å²) in [6.07, 6.45) is 0. The normalized spacial score (nSPS) is 11.4. The number of halogens is 1. The number of sulfonamides is 1. The molecule has 0 fully saturated rings. The van der Waals surface area contributed by atoms with E-state index in [4.69, 9.17) is 0 Å². The lowest BCUT2D eigenvalue weighted by atomic mass is 10.2. The Balaban J connectivity index is 2.07. The van der Waals surface area contributed by atoms with E-state index >= 15 is 0 Å². The molecular formula is C18H23FN3O3S+. The van der Waals surface area contributed by atoms with Gasteiger partial charge in [-0.25, -0.2) is 12.8 Å². The van der Waals surface area contributed by atoms with Crippen molar-refractivity contribution >= 4 is 21.6 Å². The summed E-state index contributed by atoms with van der Waals surface area (Å²) in [4.78, 5) is 13.3. The van der Waals surface area contributed by atoms with Crippen LogP contribution < -0.4 is 14.9 Å². The van der Waals surface area contributed by atoms with Crippen LogP contribution >= 0.6 is 0 Å². The molecule has 0 unspecified atom stereocenters. The molecule has 140 valence electrons. The summed E-state index contributed by atoms with van der Waals surface area (Å²) in [5, 5.41) is 2.80. The van der Waals surface area contributed by atoms with Crippen molar-refractivity contribution in [3.8, 4) is 0 Å². The Morgan fingerprint density at radius 1 is 1.12 bits per heavy atom. The van der Waals surface area contributed by atoms with Crippen molar-refractivity contribution in [1.82, 2.24) is 5.32 Å². The predicted molar refractivity (Wildman–Crippen MR) is 98.4 cm³/mol. The van der Waals surface area contributed by atoms with Crippen LogP contribution in [-0.4, -0.2) is 41.5 Å². The van der Waals surface area contributed by atoms with Gasteiger partial charge in [-0.1, -0.05) is 0 Å². The molecule has 0 saturated heterocycles. The first kappa shape index (κ1) is 19.9. The molecule has 0 saturated carbocycles. The number of carbonyl (C=O) groups excluding carboxylic acids is 1. The van der Waals surface area contributed by atoms with Gasteiger partial charge in [-0.15, -0.1) is 0 Å². The van der Waals surface area contributed by atoms with Crippen molar-refractivity contribution < 1.29 is 22.5 Å². The molecule has 26 heavy (non-hydrogen) atoms. The topological polar surface area (TPSA) is 79.7 Å². The van der Waals surface area contributed by atoms with Crippen molar-refractivity contribution in [3.05, 3.63) is 59.4 Å². The van der Waals surface area contributed by atoms with Crippen molar-refractivity contribution in [2.24, 2.45) is 0 Å². The van der Waals surface area contributed by atoms with Gasteiger partial charge in [0, 0.05) is 11.3 Å². The second-order valence-electron chi connectivity index (χ2n) is 6.31. The quantitative estimate of drug-likeness (QED) is 0.665. The Morgan fingerprint density at radius 3 is 2.35 bits per heavy atom. The van der Waals surface area contributed by atoms with E-state index in [1.807, 2.05) is 14.1 Å². The van der Waals surface area contributed by atoms with E-state index in [9.17, 15) is 17.6 Å². The van der Waals surface area contributed by atoms with Gasteiger partial charge in [-0.2, -0.15) is 0 Å². The molecule has 8 heteroatoms. The maximum Gasteiger partial charge on any atom is 0.262 e. The first-order valence-corrected chi connectivity index (χ1v) is 9.63. The van der Waals surface area contributed by atoms with Gasteiger partial charge in [0.1, 0.15) is 5.82 Å². The molecule has 0 bridgehead atoms. The summed E-state index contributed by atoms with van der Waals surface area (Å²) >= 11 is 0. The van der Waals surface area contributed by atoms with Crippen molar-refractivity contribution in [2.45, 2.75) is 11.8 Å². The lowest BCUT2D eigenvalue weighted by Crippen LogP contribution is -3.06. The summed E-state index contributed by atoms with van der Waals surface area (Å²) in [5.74, 6) is -0.706. The summed E-state index contributed by atoms with van der Waals surface area (Å²) < 4.78 is 40.5. The molecule has 0 spiro atoms. The van der Waals surface area contributed by atoms with Crippen LogP contribution in [0.4, 0.5) is 10.1 Å². The van der Waals surface area contributed by atoms with E-state index in [-0.39, 0.29) is 10.8 Å². The molecule has 3 N–H and O–H groups in total. The van der Waals surface area contributed by atoms with Gasteiger partial charge in [-0.05, 0) is 55.0 Å². The van der Waals surface area contributed by atoms with Gasteiger partial charge in [0.05, 0.1) is 32.1 Å². The van der Waals surface area contributed by atoms with Crippen LogP contribution in [0.25, 0.3) is 0 Å². The van der Waals surface area contributed by atoms with Crippen LogP contribution in [0.2, 0.25) is 0 Å². The molecule has 0 aliphatic heterocycles. The fourth-order valence-corrected chi connectivity index (χ4v) is 3.63. The molecule has 1 amide bonds. The number of quaternary nitrogens is 1. The van der Waals surface area contributed by atoms with Gasteiger partial charge in [-0.3, -0.25) is 9.52 Å². The number of carbonyl (C=O) groups is 1. The largest absolute Gasteiger partial charge is 0.346 e. The zero-order chi connectivity index (χ0) is 19.3. The fourth-order valence-electron chi connectivity index (χ4n) is 2.34. The number of nitrogens with one attached hydrogen (secondary N) is 3. The molecular weight excluding hydrogens is 357 g/mol. The van der Waals surface area contributed by atoms with Crippen molar-refractivity contribution in [3.63, 3.8) is 0 Å². The highest BCUT2D eigenvalue weighted by atomic mass is 32.2. The molecule has 0 atom stereocenters. The third-order valence-corrected chi connectivity index (χ3v) is 5.28. The molecule has 6 nitrogen and oxygen atoms in total. The monoisotopic (exact) mass is 380 g/mol. The Bertz CT molecular complexity index is 881. The molecule has 2 aromatic rings. The highest BCUT2D eigenvalue weighted by Gasteiger charge is 2.17. The maximum atomic E-state index is 13.2. The Hall–Kier alpha value is -2.45. The lowest BCUT2D eigenvalue weighted by molar-refractivity contribution is -0.856. The first-order valence-electron chi connectivity index (χ1n) is 8.15. The number of hydrogen-bond acceptors (Lipinski definition) is 3. The van der Waals surface area contributed by atoms with Crippen LogP contribution in [0.5, 0.6) is 0 Å². The Labute approximate surface area is 153 Å². The first-order chi connectivity index (χ1) is 12.2. The average molecular weight is 380 g/mol. The minimum absolute atomic E-state index is 0.00639. The summed E-state index contributed by atoms with van der Waals surface area (Å²) in [6, 6.07) is 9.62. The number of anilines is 1. The van der Waals surface area contributed by atoms with Crippen molar-refractivity contribution in [1.29, 1.82) is 0 Å². The number of benzene rings is 2. The van der Waals surface area contributed by atoms with Crippen LogP contribution in [0, 0.1) is 12.7 Å². The molecule has 0 aliphatic rings. The second kappa shape index (κ2) is 8.29. The van der Waals surface area contributed by atoms with E-state index in [1.54, 1.807) is 12.1 Å². The van der Waals surface area contributed by atoms with E-state index < -0.39 is 15.8 Å². The van der Waals surface area contributed by atoms with Crippen LogP contribution in [0.15, 0.2) is 47.4 Å². The Morgan fingerprint density at radius 2 is 1.77 bits per heavy atom. The third-order valence-electron chi connectivity index (χ3n) is 3.74. The standard InChI is InChI=1S/C18H22FN3O3S/c1-13-12-15(19)6-9-17(13)26(24,25)21-16-7-4-14(5-8-16)18(23)20-10-11-22(2)3/h4-9,12,21H,10-11H2,1-3H3,(H,20,23)/p+1. The Kier molecular flexibility index (Phi) is 6.33. The lowest BCUT2D eigenvalue weighted by Gasteiger charge is -2.11. The highest BCUT2D eigenvalue weighted by Crippen LogP contribution is 2.20. The minimum atomic E-state index is -3.84. The highest BCUT2D eigenvalue weighted by molar-refractivity contribution is 7.92. The zero-order valence-electron chi connectivity index (χ0n) is 15.0. The van der Waals surface area contributed by atoms with Crippen LogP contribution in [-0.2, 0) is 10.0 Å². The predicted octanol–water partition coefficient (Wildman–Crippen LogP) is 0.809. The number of likely N-dealkylation sites (N-methyl/N-ethyl adjacent to an activating group) is 1.